The second-order valence-corrected chi connectivity index (χ2v) is 5.94. The minimum Gasteiger partial charge on any atom is -0.461 e. The zero-order valence-electron chi connectivity index (χ0n) is 14.2. The molecule has 0 aromatic carbocycles. The third-order valence-corrected chi connectivity index (χ3v) is 2.86. The molecule has 0 aliphatic heterocycles. The first-order chi connectivity index (χ1) is 9.92. The largest absolute Gasteiger partial charge is 0.461 e. The van der Waals surface area contributed by atoms with E-state index < -0.39 is 0 Å². The van der Waals surface area contributed by atoms with Gasteiger partial charge in [0.05, 0.1) is 6.10 Å². The number of nitrogens with one attached hydrogen (secondary N) is 1. The number of hydrogen-bond acceptors (Lipinski definition) is 6. The van der Waals surface area contributed by atoms with E-state index in [9.17, 15) is 0 Å². The first-order valence-corrected chi connectivity index (χ1v) is 7.80. The van der Waals surface area contributed by atoms with Crippen molar-refractivity contribution >= 4 is 11.9 Å². The summed E-state index contributed by atoms with van der Waals surface area (Å²) >= 11 is 0. The van der Waals surface area contributed by atoms with Crippen LogP contribution >= 0.6 is 0 Å². The second kappa shape index (κ2) is 8.64. The minimum absolute atomic E-state index is 0.0419. The number of aromatic nitrogens is 3. The summed E-state index contributed by atoms with van der Waals surface area (Å²) in [5, 5.41) is 3.20. The van der Waals surface area contributed by atoms with Crippen molar-refractivity contribution in [1.29, 1.82) is 0 Å². The summed E-state index contributed by atoms with van der Waals surface area (Å²) in [6.45, 7) is 12.2. The molecule has 1 aromatic rings. The van der Waals surface area contributed by atoms with Gasteiger partial charge in [-0.2, -0.15) is 15.0 Å². The molecule has 1 rings (SSSR count). The van der Waals surface area contributed by atoms with E-state index in [0.29, 0.717) is 23.8 Å². The Kier molecular flexibility index (Phi) is 7.19. The molecule has 0 fully saturated rings. The first-order valence-electron chi connectivity index (χ1n) is 7.80. The maximum atomic E-state index is 5.62. The molecule has 120 valence electrons. The van der Waals surface area contributed by atoms with Crippen LogP contribution in [-0.2, 0) is 0 Å². The van der Waals surface area contributed by atoms with Gasteiger partial charge in [0.25, 0.3) is 0 Å². The van der Waals surface area contributed by atoms with Gasteiger partial charge in [-0.25, -0.2) is 0 Å². The van der Waals surface area contributed by atoms with Crippen LogP contribution in [0.2, 0.25) is 0 Å². The van der Waals surface area contributed by atoms with Crippen LogP contribution in [0.25, 0.3) is 0 Å². The summed E-state index contributed by atoms with van der Waals surface area (Å²) in [6, 6.07) is 0.380. The van der Waals surface area contributed by atoms with E-state index in [-0.39, 0.29) is 6.10 Å². The fraction of sp³-hybridized carbons (Fsp3) is 0.800. The summed E-state index contributed by atoms with van der Waals surface area (Å²) in [7, 11) is 2.00. The maximum absolute atomic E-state index is 5.62. The average molecular weight is 295 g/mol. The van der Waals surface area contributed by atoms with Crippen LogP contribution in [0.4, 0.5) is 11.9 Å². The lowest BCUT2D eigenvalue weighted by atomic mass is 10.1. The van der Waals surface area contributed by atoms with Gasteiger partial charge in [0.2, 0.25) is 11.9 Å². The lowest BCUT2D eigenvalue weighted by Gasteiger charge is -2.19. The van der Waals surface area contributed by atoms with E-state index in [1.807, 2.05) is 25.8 Å². The van der Waals surface area contributed by atoms with Gasteiger partial charge in [0.15, 0.2) is 0 Å². The van der Waals surface area contributed by atoms with Crippen molar-refractivity contribution in [1.82, 2.24) is 15.0 Å². The number of ether oxygens (including phenoxy) is 1. The average Bonchev–Trinajstić information content (AvgIpc) is 2.41. The van der Waals surface area contributed by atoms with E-state index in [0.717, 1.165) is 25.9 Å². The molecule has 0 aliphatic carbocycles. The zero-order valence-corrected chi connectivity index (χ0v) is 14.2. The molecule has 0 unspecified atom stereocenters. The molecule has 0 spiro atoms. The second-order valence-electron chi connectivity index (χ2n) is 5.94. The van der Waals surface area contributed by atoms with E-state index in [4.69, 9.17) is 4.74 Å². The van der Waals surface area contributed by atoms with E-state index in [1.54, 1.807) is 0 Å². The molecule has 21 heavy (non-hydrogen) atoms. The Balaban J connectivity index is 2.88. The molecule has 0 aliphatic rings. The highest BCUT2D eigenvalue weighted by atomic mass is 16.5. The summed E-state index contributed by atoms with van der Waals surface area (Å²) in [5.74, 6) is 1.88. The van der Waals surface area contributed by atoms with Gasteiger partial charge in [-0.3, -0.25) is 0 Å². The molecular formula is C15H29N5O. The molecule has 1 N–H and O–H groups in total. The minimum atomic E-state index is 0.0419. The summed E-state index contributed by atoms with van der Waals surface area (Å²) in [6.07, 6.45) is 2.16. The highest BCUT2D eigenvalue weighted by molar-refractivity contribution is 5.37. The van der Waals surface area contributed by atoms with Gasteiger partial charge in [-0.1, -0.05) is 20.8 Å². The molecule has 0 saturated carbocycles. The van der Waals surface area contributed by atoms with Crippen molar-refractivity contribution in [2.75, 3.05) is 30.4 Å². The Labute approximate surface area is 128 Å². The Morgan fingerprint density at radius 3 is 2.43 bits per heavy atom. The topological polar surface area (TPSA) is 63.2 Å². The Morgan fingerprint density at radius 2 is 1.86 bits per heavy atom. The standard InChI is InChI=1S/C15H29N5O/c1-7-9-16-13-17-14(20(6)10-8-11(2)3)19-15(18-13)21-12(4)5/h11-12H,7-10H2,1-6H3,(H,16,17,18,19). The molecule has 0 radical (unpaired) electrons. The maximum Gasteiger partial charge on any atom is 0.323 e. The number of rotatable bonds is 9. The quantitative estimate of drug-likeness (QED) is 0.755. The lowest BCUT2D eigenvalue weighted by molar-refractivity contribution is 0.222. The van der Waals surface area contributed by atoms with Crippen LogP contribution in [0, 0.1) is 5.92 Å². The van der Waals surface area contributed by atoms with E-state index >= 15 is 0 Å². The van der Waals surface area contributed by atoms with E-state index in [1.165, 1.54) is 0 Å². The Morgan fingerprint density at radius 1 is 1.14 bits per heavy atom. The third-order valence-electron chi connectivity index (χ3n) is 2.86. The van der Waals surface area contributed by atoms with Crippen LogP contribution in [0.15, 0.2) is 0 Å². The van der Waals surface area contributed by atoms with Gasteiger partial charge >= 0.3 is 6.01 Å². The molecule has 0 atom stereocenters. The Bertz CT molecular complexity index is 423. The predicted molar refractivity (Wildman–Crippen MR) is 87.1 cm³/mol. The molecule has 1 heterocycles. The molecule has 6 nitrogen and oxygen atoms in total. The fourth-order valence-corrected chi connectivity index (χ4v) is 1.65. The van der Waals surface area contributed by atoms with Crippen molar-refractivity contribution in [3.8, 4) is 6.01 Å². The monoisotopic (exact) mass is 295 g/mol. The smallest absolute Gasteiger partial charge is 0.323 e. The summed E-state index contributed by atoms with van der Waals surface area (Å²) in [5.41, 5.74) is 0. The Hall–Kier alpha value is -1.59. The fourth-order valence-electron chi connectivity index (χ4n) is 1.65. The van der Waals surface area contributed by atoms with Gasteiger partial charge in [-0.05, 0) is 32.6 Å². The third kappa shape index (κ3) is 6.60. The SMILES string of the molecule is CCCNc1nc(OC(C)C)nc(N(C)CCC(C)C)n1. The predicted octanol–water partition coefficient (Wildman–Crippen LogP) is 2.96. The van der Waals surface area contributed by atoms with Crippen LogP contribution in [0.1, 0.15) is 47.5 Å². The van der Waals surface area contributed by atoms with Crippen LogP contribution in [-0.4, -0.2) is 41.2 Å². The van der Waals surface area contributed by atoms with Crippen molar-refractivity contribution in [3.63, 3.8) is 0 Å². The van der Waals surface area contributed by atoms with Gasteiger partial charge in [0.1, 0.15) is 0 Å². The number of anilines is 2. The van der Waals surface area contributed by atoms with E-state index in [2.05, 4.69) is 41.0 Å². The molecule has 1 aromatic heterocycles. The van der Waals surface area contributed by atoms with Gasteiger partial charge in [-0.15, -0.1) is 0 Å². The van der Waals surface area contributed by atoms with Crippen LogP contribution < -0.4 is 15.0 Å². The molecule has 0 amide bonds. The van der Waals surface area contributed by atoms with Crippen LogP contribution in [0.5, 0.6) is 6.01 Å². The highest BCUT2D eigenvalue weighted by Crippen LogP contribution is 2.16. The molecular weight excluding hydrogens is 266 g/mol. The van der Waals surface area contributed by atoms with Gasteiger partial charge < -0.3 is 15.0 Å². The lowest BCUT2D eigenvalue weighted by Crippen LogP contribution is -2.24. The summed E-state index contributed by atoms with van der Waals surface area (Å²) < 4.78 is 5.62. The normalized spacial score (nSPS) is 11.0. The number of nitrogens with zero attached hydrogens (tertiary/aromatic N) is 4. The highest BCUT2D eigenvalue weighted by Gasteiger charge is 2.12. The van der Waals surface area contributed by atoms with Gasteiger partial charge in [0, 0.05) is 20.1 Å². The van der Waals surface area contributed by atoms with Crippen molar-refractivity contribution in [3.05, 3.63) is 0 Å². The molecule has 0 bridgehead atoms. The van der Waals surface area contributed by atoms with Crippen molar-refractivity contribution < 1.29 is 4.74 Å². The molecule has 0 saturated heterocycles. The number of hydrogen-bond donors (Lipinski definition) is 1. The summed E-state index contributed by atoms with van der Waals surface area (Å²) in [4.78, 5) is 15.2. The van der Waals surface area contributed by atoms with Crippen molar-refractivity contribution in [2.24, 2.45) is 5.92 Å². The van der Waals surface area contributed by atoms with Crippen LogP contribution in [0.3, 0.4) is 0 Å². The molecule has 6 heteroatoms. The zero-order chi connectivity index (χ0) is 15.8. The first kappa shape index (κ1) is 17.5. The van der Waals surface area contributed by atoms with Crippen molar-refractivity contribution in [2.45, 2.75) is 53.6 Å².